The molecule has 0 aromatic rings. The fourth-order valence-corrected chi connectivity index (χ4v) is 3.30. The Kier molecular flexibility index (Phi) is 3.34. The van der Waals surface area contributed by atoms with Crippen LogP contribution in [0.2, 0.25) is 0 Å². The van der Waals surface area contributed by atoms with Crippen LogP contribution in [0.5, 0.6) is 0 Å². The summed E-state index contributed by atoms with van der Waals surface area (Å²) in [6, 6.07) is 0. The maximum Gasteiger partial charge on any atom is 0.109 e. The molecule has 1 atom stereocenters. The molecule has 2 fully saturated rings. The normalized spacial score (nSPS) is 29.5. The molecule has 4 heteroatoms. The Hall–Kier alpha value is -0.220. The lowest BCUT2D eigenvalue weighted by Gasteiger charge is -2.35. The maximum absolute atomic E-state index is 8.13. The number of likely N-dealkylation sites (N-methyl/N-ethyl adjacent to an activating group) is 1. The van der Waals surface area contributed by atoms with Crippen molar-refractivity contribution in [2.24, 2.45) is 0 Å². The number of hydrogen-bond acceptors (Lipinski definition) is 3. The average Bonchev–Trinajstić information content (AvgIpc) is 2.71. The van der Waals surface area contributed by atoms with Crippen LogP contribution in [0, 0.1) is 5.41 Å². The first-order valence-corrected chi connectivity index (χ1v) is 6.46. The Morgan fingerprint density at radius 1 is 1.29 bits per heavy atom. The van der Waals surface area contributed by atoms with Gasteiger partial charge >= 0.3 is 0 Å². The molecule has 80 valence electrons. The quantitative estimate of drug-likeness (QED) is 0.523. The molecule has 0 aliphatic carbocycles. The van der Waals surface area contributed by atoms with Crippen molar-refractivity contribution in [2.75, 3.05) is 39.0 Å². The highest BCUT2D eigenvalue weighted by atomic mass is 32.2. The van der Waals surface area contributed by atoms with Crippen LogP contribution in [-0.2, 0) is 0 Å². The van der Waals surface area contributed by atoms with Gasteiger partial charge in [-0.1, -0.05) is 0 Å². The van der Waals surface area contributed by atoms with Crippen molar-refractivity contribution in [3.05, 3.63) is 0 Å². The lowest BCUT2D eigenvalue weighted by Crippen LogP contribution is -2.49. The maximum atomic E-state index is 8.13. The number of rotatable bonds is 1. The van der Waals surface area contributed by atoms with Gasteiger partial charge in [0.25, 0.3) is 0 Å². The van der Waals surface area contributed by atoms with Crippen LogP contribution in [0.1, 0.15) is 12.8 Å². The minimum Gasteiger partial charge on any atom is -0.357 e. The Morgan fingerprint density at radius 3 is 2.57 bits per heavy atom. The third-order valence-electron chi connectivity index (χ3n) is 3.08. The molecule has 0 saturated carbocycles. The molecule has 1 unspecified atom stereocenters. The van der Waals surface area contributed by atoms with E-state index in [9.17, 15) is 0 Å². The van der Waals surface area contributed by atoms with Gasteiger partial charge in [0.05, 0.1) is 5.25 Å². The summed E-state index contributed by atoms with van der Waals surface area (Å²) in [6.45, 7) is 4.32. The largest absolute Gasteiger partial charge is 0.357 e. The summed E-state index contributed by atoms with van der Waals surface area (Å²) < 4.78 is 0. The second-order valence-electron chi connectivity index (χ2n) is 4.18. The van der Waals surface area contributed by atoms with Gasteiger partial charge in [0.15, 0.2) is 0 Å². The topological polar surface area (TPSA) is 30.3 Å². The predicted octanol–water partition coefficient (Wildman–Crippen LogP) is 1.11. The van der Waals surface area contributed by atoms with E-state index in [-0.39, 0.29) is 0 Å². The highest BCUT2D eigenvalue weighted by molar-refractivity contribution is 8.00. The van der Waals surface area contributed by atoms with E-state index in [1.807, 2.05) is 11.8 Å². The van der Waals surface area contributed by atoms with E-state index in [1.165, 1.54) is 18.6 Å². The van der Waals surface area contributed by atoms with Crippen molar-refractivity contribution in [3.8, 4) is 0 Å². The summed E-state index contributed by atoms with van der Waals surface area (Å²) in [6.07, 6.45) is 2.52. The third kappa shape index (κ3) is 2.23. The smallest absolute Gasteiger partial charge is 0.109 e. The number of hydrogen-bond donors (Lipinski definition) is 1. The molecule has 2 heterocycles. The summed E-state index contributed by atoms with van der Waals surface area (Å²) in [7, 11) is 2.16. The molecule has 14 heavy (non-hydrogen) atoms. The minimum atomic E-state index is 0.499. The molecule has 0 amide bonds. The van der Waals surface area contributed by atoms with Crippen molar-refractivity contribution in [2.45, 2.75) is 18.1 Å². The van der Waals surface area contributed by atoms with Gasteiger partial charge in [0, 0.05) is 26.2 Å². The molecule has 1 N–H and O–H groups in total. The predicted molar refractivity (Wildman–Crippen MR) is 62.3 cm³/mol. The first kappa shape index (κ1) is 10.3. The van der Waals surface area contributed by atoms with Crippen molar-refractivity contribution in [1.82, 2.24) is 9.80 Å². The molecular weight excluding hydrogens is 194 g/mol. The fraction of sp³-hybridized carbons (Fsp3) is 0.900. The first-order chi connectivity index (χ1) is 6.77. The van der Waals surface area contributed by atoms with Gasteiger partial charge in [-0.2, -0.15) is 11.8 Å². The number of thioether (sulfide) groups is 1. The number of nitrogens with zero attached hydrogens (tertiary/aromatic N) is 2. The SMILES string of the molecule is CN1CCN(C(=N)C2CCCS2)CC1. The average molecular weight is 213 g/mol. The molecule has 0 aromatic carbocycles. The Balaban J connectivity index is 1.85. The lowest BCUT2D eigenvalue weighted by atomic mass is 10.2. The standard InChI is InChI=1S/C10H19N3S/c1-12-4-6-13(7-5-12)10(11)9-3-2-8-14-9/h9,11H,2-8H2,1H3. The van der Waals surface area contributed by atoms with Crippen molar-refractivity contribution >= 4 is 17.6 Å². The van der Waals surface area contributed by atoms with Crippen LogP contribution in [0.4, 0.5) is 0 Å². The molecule has 0 radical (unpaired) electrons. The Labute approximate surface area is 90.3 Å². The zero-order chi connectivity index (χ0) is 9.97. The van der Waals surface area contributed by atoms with E-state index >= 15 is 0 Å². The highest BCUT2D eigenvalue weighted by Crippen LogP contribution is 2.28. The fourth-order valence-electron chi connectivity index (χ4n) is 2.04. The van der Waals surface area contributed by atoms with E-state index in [2.05, 4.69) is 16.8 Å². The van der Waals surface area contributed by atoms with Gasteiger partial charge in [-0.05, 0) is 25.6 Å². The second kappa shape index (κ2) is 4.53. The van der Waals surface area contributed by atoms with E-state index in [0.29, 0.717) is 5.25 Å². The summed E-state index contributed by atoms with van der Waals surface area (Å²) in [5.41, 5.74) is 0. The Morgan fingerprint density at radius 2 is 2.00 bits per heavy atom. The molecule has 2 aliphatic rings. The molecule has 2 rings (SSSR count). The second-order valence-corrected chi connectivity index (χ2v) is 5.49. The molecule has 2 saturated heterocycles. The molecule has 0 spiro atoms. The van der Waals surface area contributed by atoms with Gasteiger partial charge in [-0.25, -0.2) is 0 Å². The van der Waals surface area contributed by atoms with Gasteiger partial charge in [-0.15, -0.1) is 0 Å². The zero-order valence-electron chi connectivity index (χ0n) is 8.83. The van der Waals surface area contributed by atoms with Crippen LogP contribution >= 0.6 is 11.8 Å². The third-order valence-corrected chi connectivity index (χ3v) is 4.46. The molecule has 0 bridgehead atoms. The summed E-state index contributed by atoms with van der Waals surface area (Å²) in [4.78, 5) is 4.61. The molecule has 3 nitrogen and oxygen atoms in total. The number of amidine groups is 1. The van der Waals surface area contributed by atoms with Crippen LogP contribution in [-0.4, -0.2) is 59.9 Å². The van der Waals surface area contributed by atoms with Gasteiger partial charge in [0.2, 0.25) is 0 Å². The van der Waals surface area contributed by atoms with Crippen LogP contribution < -0.4 is 0 Å². The van der Waals surface area contributed by atoms with Crippen LogP contribution in [0.15, 0.2) is 0 Å². The van der Waals surface area contributed by atoms with Gasteiger partial charge < -0.3 is 9.80 Å². The monoisotopic (exact) mass is 213 g/mol. The van der Waals surface area contributed by atoms with E-state index in [1.54, 1.807) is 0 Å². The summed E-state index contributed by atoms with van der Waals surface area (Å²) in [5, 5.41) is 8.63. The van der Waals surface area contributed by atoms with Crippen molar-refractivity contribution < 1.29 is 0 Å². The van der Waals surface area contributed by atoms with Crippen LogP contribution in [0.25, 0.3) is 0 Å². The number of piperazine rings is 1. The van der Waals surface area contributed by atoms with Gasteiger partial charge in [-0.3, -0.25) is 5.41 Å². The highest BCUT2D eigenvalue weighted by Gasteiger charge is 2.26. The molecular formula is C10H19N3S. The van der Waals surface area contributed by atoms with Crippen LogP contribution in [0.3, 0.4) is 0 Å². The summed E-state index contributed by atoms with van der Waals surface area (Å²) >= 11 is 1.97. The zero-order valence-corrected chi connectivity index (χ0v) is 9.65. The van der Waals surface area contributed by atoms with E-state index < -0.39 is 0 Å². The number of nitrogens with one attached hydrogen (secondary N) is 1. The van der Waals surface area contributed by atoms with Crippen molar-refractivity contribution in [3.63, 3.8) is 0 Å². The summed E-state index contributed by atoms with van der Waals surface area (Å²) in [5.74, 6) is 2.14. The Bertz CT molecular complexity index is 205. The molecule has 0 aromatic heterocycles. The van der Waals surface area contributed by atoms with Crippen molar-refractivity contribution in [1.29, 1.82) is 5.41 Å². The van der Waals surface area contributed by atoms with Gasteiger partial charge in [0.1, 0.15) is 5.84 Å². The van der Waals surface area contributed by atoms with E-state index in [0.717, 1.165) is 32.0 Å². The minimum absolute atomic E-state index is 0.499. The lowest BCUT2D eigenvalue weighted by molar-refractivity contribution is 0.212. The molecule has 2 aliphatic heterocycles. The van der Waals surface area contributed by atoms with E-state index in [4.69, 9.17) is 5.41 Å². The first-order valence-electron chi connectivity index (χ1n) is 5.41.